The molecule has 0 radical (unpaired) electrons. The first kappa shape index (κ1) is 14.4. The molecule has 114 valence electrons. The SMILES string of the molecule is CC(Oc1cccc2c1CCC2N)C(=O)NC1CCCC1. The zero-order chi connectivity index (χ0) is 14.8. The van der Waals surface area contributed by atoms with Gasteiger partial charge in [-0.1, -0.05) is 25.0 Å². The first-order valence-electron chi connectivity index (χ1n) is 7.99. The third-order valence-electron chi connectivity index (χ3n) is 4.65. The van der Waals surface area contributed by atoms with Crippen LogP contribution < -0.4 is 15.8 Å². The molecule has 3 rings (SSSR count). The van der Waals surface area contributed by atoms with Crippen LogP contribution in [0.3, 0.4) is 0 Å². The van der Waals surface area contributed by atoms with Gasteiger partial charge >= 0.3 is 0 Å². The lowest BCUT2D eigenvalue weighted by Gasteiger charge is -2.19. The summed E-state index contributed by atoms with van der Waals surface area (Å²) in [4.78, 5) is 12.2. The molecule has 1 aromatic rings. The summed E-state index contributed by atoms with van der Waals surface area (Å²) >= 11 is 0. The number of carbonyl (C=O) groups excluding carboxylic acids is 1. The summed E-state index contributed by atoms with van der Waals surface area (Å²) in [6.45, 7) is 1.82. The lowest BCUT2D eigenvalue weighted by atomic mass is 10.1. The van der Waals surface area contributed by atoms with E-state index in [-0.39, 0.29) is 11.9 Å². The number of rotatable bonds is 4. The summed E-state index contributed by atoms with van der Waals surface area (Å²) < 4.78 is 5.91. The molecule has 0 aromatic heterocycles. The minimum Gasteiger partial charge on any atom is -0.481 e. The van der Waals surface area contributed by atoms with Crippen molar-refractivity contribution in [3.05, 3.63) is 29.3 Å². The Hall–Kier alpha value is -1.55. The van der Waals surface area contributed by atoms with Gasteiger partial charge in [0.05, 0.1) is 0 Å². The zero-order valence-electron chi connectivity index (χ0n) is 12.6. The van der Waals surface area contributed by atoms with Gasteiger partial charge in [0.1, 0.15) is 5.75 Å². The summed E-state index contributed by atoms with van der Waals surface area (Å²) in [6.07, 6.45) is 6.03. The van der Waals surface area contributed by atoms with Crippen LogP contribution in [0.25, 0.3) is 0 Å². The van der Waals surface area contributed by atoms with Crippen LogP contribution in [0.1, 0.15) is 56.2 Å². The lowest BCUT2D eigenvalue weighted by molar-refractivity contribution is -0.127. The number of ether oxygens (including phenoxy) is 1. The standard InChI is InChI=1S/C17H24N2O2/c1-11(17(20)19-12-5-2-3-6-12)21-16-8-4-7-13-14(16)9-10-15(13)18/h4,7-8,11-12,15H,2-3,5-6,9-10,18H2,1H3,(H,19,20). The quantitative estimate of drug-likeness (QED) is 0.894. The van der Waals surface area contributed by atoms with E-state index in [0.717, 1.165) is 37.0 Å². The van der Waals surface area contributed by atoms with Gasteiger partial charge in [-0.3, -0.25) is 4.79 Å². The molecule has 1 aromatic carbocycles. The van der Waals surface area contributed by atoms with Crippen LogP contribution in [0, 0.1) is 0 Å². The minimum absolute atomic E-state index is 0.0122. The van der Waals surface area contributed by atoms with Gasteiger partial charge in [0.15, 0.2) is 6.10 Å². The Kier molecular flexibility index (Phi) is 4.15. The molecule has 2 aliphatic carbocycles. The summed E-state index contributed by atoms with van der Waals surface area (Å²) in [7, 11) is 0. The summed E-state index contributed by atoms with van der Waals surface area (Å²) in [6, 6.07) is 6.39. The second-order valence-corrected chi connectivity index (χ2v) is 6.22. The van der Waals surface area contributed by atoms with Crippen molar-refractivity contribution in [1.29, 1.82) is 0 Å². The predicted molar refractivity (Wildman–Crippen MR) is 82.2 cm³/mol. The molecule has 4 heteroatoms. The van der Waals surface area contributed by atoms with Crippen molar-refractivity contribution in [2.24, 2.45) is 5.73 Å². The second-order valence-electron chi connectivity index (χ2n) is 6.22. The van der Waals surface area contributed by atoms with E-state index in [4.69, 9.17) is 10.5 Å². The minimum atomic E-state index is -0.464. The molecule has 21 heavy (non-hydrogen) atoms. The first-order chi connectivity index (χ1) is 10.1. The van der Waals surface area contributed by atoms with Crippen molar-refractivity contribution >= 4 is 5.91 Å². The molecule has 2 aliphatic rings. The molecule has 1 amide bonds. The smallest absolute Gasteiger partial charge is 0.260 e. The van der Waals surface area contributed by atoms with E-state index in [1.165, 1.54) is 18.4 Å². The van der Waals surface area contributed by atoms with Crippen LogP contribution in [0.2, 0.25) is 0 Å². The highest BCUT2D eigenvalue weighted by atomic mass is 16.5. The number of nitrogens with one attached hydrogen (secondary N) is 1. The molecule has 4 nitrogen and oxygen atoms in total. The average molecular weight is 288 g/mol. The highest BCUT2D eigenvalue weighted by Gasteiger charge is 2.25. The van der Waals surface area contributed by atoms with Crippen molar-refractivity contribution in [2.45, 2.75) is 63.6 Å². The number of hydrogen-bond acceptors (Lipinski definition) is 3. The van der Waals surface area contributed by atoms with Crippen molar-refractivity contribution in [3.63, 3.8) is 0 Å². The fraction of sp³-hybridized carbons (Fsp3) is 0.588. The Morgan fingerprint density at radius 3 is 2.86 bits per heavy atom. The Labute approximate surface area is 126 Å². The summed E-state index contributed by atoms with van der Waals surface area (Å²) in [5.74, 6) is 0.802. The largest absolute Gasteiger partial charge is 0.481 e. The van der Waals surface area contributed by atoms with Gasteiger partial charge in [-0.25, -0.2) is 0 Å². The Morgan fingerprint density at radius 1 is 1.33 bits per heavy atom. The fourth-order valence-electron chi connectivity index (χ4n) is 3.40. The maximum Gasteiger partial charge on any atom is 0.260 e. The molecule has 0 aliphatic heterocycles. The lowest BCUT2D eigenvalue weighted by Crippen LogP contribution is -2.41. The van der Waals surface area contributed by atoms with E-state index < -0.39 is 6.10 Å². The van der Waals surface area contributed by atoms with Crippen LogP contribution in [-0.4, -0.2) is 18.1 Å². The third kappa shape index (κ3) is 3.05. The van der Waals surface area contributed by atoms with Gasteiger partial charge in [-0.15, -0.1) is 0 Å². The fourth-order valence-corrected chi connectivity index (χ4v) is 3.40. The predicted octanol–water partition coefficient (Wildman–Crippen LogP) is 2.46. The third-order valence-corrected chi connectivity index (χ3v) is 4.65. The summed E-state index contributed by atoms with van der Waals surface area (Å²) in [5.41, 5.74) is 8.41. The van der Waals surface area contributed by atoms with Gasteiger partial charge < -0.3 is 15.8 Å². The van der Waals surface area contributed by atoms with E-state index >= 15 is 0 Å². The Morgan fingerprint density at radius 2 is 2.10 bits per heavy atom. The Balaban J connectivity index is 1.65. The molecule has 2 unspecified atom stereocenters. The normalized spacial score (nSPS) is 22.9. The number of carbonyl (C=O) groups is 1. The molecule has 2 atom stereocenters. The molecule has 0 spiro atoms. The van der Waals surface area contributed by atoms with Gasteiger partial charge in [-0.2, -0.15) is 0 Å². The molecule has 0 saturated heterocycles. The van der Waals surface area contributed by atoms with Crippen molar-refractivity contribution < 1.29 is 9.53 Å². The molecule has 3 N–H and O–H groups in total. The van der Waals surface area contributed by atoms with E-state index in [0.29, 0.717) is 6.04 Å². The topological polar surface area (TPSA) is 64.3 Å². The van der Waals surface area contributed by atoms with Crippen molar-refractivity contribution in [2.75, 3.05) is 0 Å². The highest BCUT2D eigenvalue weighted by Crippen LogP contribution is 2.35. The molecule has 1 fully saturated rings. The van der Waals surface area contributed by atoms with Gasteiger partial charge in [0.2, 0.25) is 0 Å². The van der Waals surface area contributed by atoms with Crippen LogP contribution in [0.5, 0.6) is 5.75 Å². The van der Waals surface area contributed by atoms with Crippen molar-refractivity contribution in [3.8, 4) is 5.75 Å². The number of benzene rings is 1. The van der Waals surface area contributed by atoms with Crippen LogP contribution in [-0.2, 0) is 11.2 Å². The first-order valence-corrected chi connectivity index (χ1v) is 7.99. The molecular formula is C17H24N2O2. The monoisotopic (exact) mass is 288 g/mol. The number of amides is 1. The molecule has 1 saturated carbocycles. The number of hydrogen-bond donors (Lipinski definition) is 2. The van der Waals surface area contributed by atoms with Gasteiger partial charge in [0.25, 0.3) is 5.91 Å². The zero-order valence-corrected chi connectivity index (χ0v) is 12.6. The number of nitrogens with two attached hydrogens (primary N) is 1. The highest BCUT2D eigenvalue weighted by molar-refractivity contribution is 5.81. The maximum absolute atomic E-state index is 12.2. The van der Waals surface area contributed by atoms with Crippen LogP contribution in [0.4, 0.5) is 0 Å². The van der Waals surface area contributed by atoms with Gasteiger partial charge in [-0.05, 0) is 49.8 Å². The van der Waals surface area contributed by atoms with E-state index in [9.17, 15) is 4.79 Å². The average Bonchev–Trinajstić information content (AvgIpc) is 3.10. The number of fused-ring (bicyclic) bond motifs is 1. The van der Waals surface area contributed by atoms with Crippen LogP contribution in [0.15, 0.2) is 18.2 Å². The van der Waals surface area contributed by atoms with Crippen molar-refractivity contribution in [1.82, 2.24) is 5.32 Å². The molecule has 0 heterocycles. The second kappa shape index (κ2) is 6.06. The Bertz CT molecular complexity index is 524. The summed E-state index contributed by atoms with van der Waals surface area (Å²) in [5, 5.41) is 3.09. The van der Waals surface area contributed by atoms with E-state index in [2.05, 4.69) is 11.4 Å². The van der Waals surface area contributed by atoms with E-state index in [1.54, 1.807) is 0 Å². The van der Waals surface area contributed by atoms with Crippen LogP contribution >= 0.6 is 0 Å². The van der Waals surface area contributed by atoms with E-state index in [1.807, 2.05) is 19.1 Å². The maximum atomic E-state index is 12.2. The molecular weight excluding hydrogens is 264 g/mol. The molecule has 0 bridgehead atoms. The van der Waals surface area contributed by atoms with Gasteiger partial charge in [0, 0.05) is 12.1 Å².